The van der Waals surface area contributed by atoms with Crippen molar-refractivity contribution in [2.24, 2.45) is 0 Å². The summed E-state index contributed by atoms with van der Waals surface area (Å²) in [6.45, 7) is 6.34. The molecule has 0 fully saturated rings. The van der Waals surface area contributed by atoms with Gasteiger partial charge in [-0.05, 0) is 85.0 Å². The van der Waals surface area contributed by atoms with E-state index in [1.807, 2.05) is 0 Å². The molecule has 7 N–H and O–H groups in total. The van der Waals surface area contributed by atoms with Crippen LogP contribution in [-0.2, 0) is 89.9 Å². The van der Waals surface area contributed by atoms with Gasteiger partial charge in [-0.3, -0.25) is 32.4 Å². The number of anilines is 1. The highest BCUT2D eigenvalue weighted by atomic mass is 32.2. The van der Waals surface area contributed by atoms with E-state index in [2.05, 4.69) is 0 Å². The predicted octanol–water partition coefficient (Wildman–Crippen LogP) is 1.39. The van der Waals surface area contributed by atoms with Crippen molar-refractivity contribution in [2.75, 3.05) is 90.3 Å². The molecule has 0 spiro atoms. The van der Waals surface area contributed by atoms with Gasteiger partial charge in [-0.2, -0.15) is 46.7 Å². The first-order chi connectivity index (χ1) is 41.5. The van der Waals surface area contributed by atoms with Gasteiger partial charge in [0.15, 0.2) is 12.3 Å². The number of benzene rings is 4. The molecule has 2 atom stereocenters. The molecule has 89 heavy (non-hydrogen) atoms. The Morgan fingerprint density at radius 3 is 1.60 bits per heavy atom. The van der Waals surface area contributed by atoms with Crippen LogP contribution in [0.4, 0.5) is 11.4 Å². The lowest BCUT2D eigenvalue weighted by Gasteiger charge is -2.32. The Hall–Kier alpha value is -6.61. The fraction of sp³-hybridized carbons (Fsp3) is 0.418. The molecule has 0 bridgehead atoms. The molecule has 6 aromatic rings. The number of aromatic nitrogens is 1. The molecule has 0 saturated heterocycles. The van der Waals surface area contributed by atoms with Crippen molar-refractivity contribution in [1.82, 2.24) is 4.73 Å². The molecule has 5 aromatic carbocycles. The Kier molecular flexibility index (Phi) is 20.2. The maximum Gasteiger partial charge on any atom is 0.333 e. The predicted molar refractivity (Wildman–Crippen MR) is 317 cm³/mol. The summed E-state index contributed by atoms with van der Waals surface area (Å²) in [4.78, 5) is 45.8. The molecule has 0 radical (unpaired) electrons. The fourth-order valence-electron chi connectivity index (χ4n) is 11.4. The van der Waals surface area contributed by atoms with E-state index >= 15 is 0 Å². The average Bonchev–Trinajstić information content (AvgIpc) is 1.62. The summed E-state index contributed by atoms with van der Waals surface area (Å²) in [5.74, 6) is -3.00. The monoisotopic (exact) mass is 1340 g/mol. The zero-order chi connectivity index (χ0) is 65.4. The van der Waals surface area contributed by atoms with Crippen LogP contribution in [0.3, 0.4) is 0 Å². The Balaban J connectivity index is 1.25. The first-order valence-electron chi connectivity index (χ1n) is 27.1. The van der Waals surface area contributed by atoms with Crippen LogP contribution >= 0.6 is 0 Å². The van der Waals surface area contributed by atoms with E-state index in [9.17, 15) is 89.4 Å². The van der Waals surface area contributed by atoms with Gasteiger partial charge in [0.2, 0.25) is 28.3 Å². The summed E-state index contributed by atoms with van der Waals surface area (Å²) in [6, 6.07) is 9.33. The molecule has 1 aromatic heterocycles. The number of hydrogen-bond acceptors (Lipinski definition) is 22. The number of carbonyl (C=O) groups is 1. The van der Waals surface area contributed by atoms with E-state index in [0.29, 0.717) is 43.3 Å². The molecule has 2 aliphatic heterocycles. The second-order valence-electron chi connectivity index (χ2n) is 21.6. The molecule has 29 nitrogen and oxygen atoms in total. The molecule has 2 aliphatic rings. The number of carbonyl (C=O) groups excluding carboxylic acids is 1. The normalized spacial score (nSPS) is 17.0. The quantitative estimate of drug-likeness (QED) is 0.0190. The topological polar surface area (TPSA) is 430 Å². The summed E-state index contributed by atoms with van der Waals surface area (Å²) in [5.41, 5.74) is -4.05. The largest absolute Gasteiger partial charge is 0.492 e. The molecular weight excluding hydrogens is 1280 g/mol. The summed E-state index contributed by atoms with van der Waals surface area (Å²) >= 11 is 0. The van der Waals surface area contributed by atoms with Crippen LogP contribution in [0.2, 0.25) is 0 Å². The van der Waals surface area contributed by atoms with Crippen molar-refractivity contribution in [1.29, 1.82) is 0 Å². The van der Waals surface area contributed by atoms with E-state index in [1.165, 1.54) is 43.3 Å². The molecule has 0 saturated carbocycles. The van der Waals surface area contributed by atoms with Gasteiger partial charge in [-0.25, -0.2) is 4.79 Å². The van der Waals surface area contributed by atoms with Crippen molar-refractivity contribution in [3.8, 4) is 11.8 Å². The summed E-state index contributed by atoms with van der Waals surface area (Å²) in [5, 5.41) is 18.5. The van der Waals surface area contributed by atoms with E-state index in [0.717, 1.165) is 24.3 Å². The lowest BCUT2D eigenvalue weighted by molar-refractivity contribution is -0.441. The molecule has 0 amide bonds. The summed E-state index contributed by atoms with van der Waals surface area (Å²) in [7, 11) is -24.0. The number of ether oxygens (including phenoxy) is 5. The minimum absolute atomic E-state index is 0.0196. The number of methoxy groups -OCH3 is 1. The van der Waals surface area contributed by atoms with Gasteiger partial charge in [0.05, 0.1) is 90.3 Å². The Labute approximate surface area is 510 Å². The van der Waals surface area contributed by atoms with Crippen LogP contribution in [-0.4, -0.2) is 188 Å². The highest BCUT2D eigenvalue weighted by molar-refractivity contribution is 7.87. The highest BCUT2D eigenvalue weighted by Gasteiger charge is 2.50. The maximum atomic E-state index is 14.9. The van der Waals surface area contributed by atoms with Crippen LogP contribution in [0.25, 0.3) is 33.7 Å². The third kappa shape index (κ3) is 14.8. The number of nitrogens with zero attached hydrogens (tertiary/aromatic N) is 3. The average molecular weight is 1340 g/mol. The smallest absolute Gasteiger partial charge is 0.333 e. The minimum atomic E-state index is -5.27. The van der Waals surface area contributed by atoms with Gasteiger partial charge in [-0.15, -0.1) is 4.73 Å². The molecule has 8 rings (SSSR count). The van der Waals surface area contributed by atoms with Gasteiger partial charge in [-0.1, -0.05) is 19.9 Å². The van der Waals surface area contributed by atoms with Crippen molar-refractivity contribution in [2.45, 2.75) is 82.9 Å². The first kappa shape index (κ1) is 68.3. The Bertz CT molecular complexity index is 4560. The molecule has 484 valence electrons. The maximum absolute atomic E-state index is 14.9. The Morgan fingerprint density at radius 1 is 0.607 bits per heavy atom. The van der Waals surface area contributed by atoms with Crippen LogP contribution in [0.15, 0.2) is 89.8 Å². The molecule has 2 unspecified atom stereocenters. The summed E-state index contributed by atoms with van der Waals surface area (Å²) < 4.78 is 207. The number of fused-ring (bicyclic) bond motifs is 6. The zero-order valence-corrected chi connectivity index (χ0v) is 52.2. The first-order valence-corrected chi connectivity index (χ1v) is 34.5. The lowest BCUT2D eigenvalue weighted by atomic mass is 9.73. The third-order valence-electron chi connectivity index (χ3n) is 15.4. The van der Waals surface area contributed by atoms with Crippen molar-refractivity contribution < 1.29 is 113 Å². The number of hydrogen-bond donors (Lipinski definition) is 7. The standard InChI is InChI=1S/C55H63N3O26S5/c1-54(2)45(56(15-5-7-49(61)84-58-47(59)12-13-48(58)60)41-10-8-35-37(50(41)54)27-33(86(67,68)69)29-43(35)88(73,74)75)31-39-52(62)40(53(39)63)32-46-55(3,14-6-26-85(64,65)66)51-38-28-34(87(70,71)72)30-44(89(76,77)78)36(38)9-11-42(51)57(46)16-17-80-20-21-82-24-25-83-23-22-81-19-18-79-4/h8-13,27-32,45H,5-7,14-26H2,1-4H3,(H6,62,63,64,65,66,67,68,69,70,71,72,73,74,75,76,77,78)/p+1. The van der Waals surface area contributed by atoms with Gasteiger partial charge in [0, 0.05) is 71.8 Å². The van der Waals surface area contributed by atoms with E-state index in [4.69, 9.17) is 28.5 Å². The van der Waals surface area contributed by atoms with Crippen LogP contribution in [0.5, 0.6) is 11.8 Å². The molecule has 0 aliphatic carbocycles. The minimum Gasteiger partial charge on any atom is -0.492 e. The van der Waals surface area contributed by atoms with E-state index < -0.39 is 138 Å². The van der Waals surface area contributed by atoms with Gasteiger partial charge >= 0.3 is 5.97 Å². The summed E-state index contributed by atoms with van der Waals surface area (Å²) in [6.07, 6.45) is 1.40. The molecular formula is C55H64N3O26S5+. The SMILES string of the molecule is COCCOCCOCCOCCOCC[N+]1=C(C=c2c(=O)c(=CC3N(CCCC(=O)On4c(O)ccc4O)c4ccc5c(S(=O)(=O)O)cc(S(=O)(=O)O)cc5c4C3(C)C)c2=O)C(C)(CCCS(=O)(=O)O)c2c1ccc1c(S(=O)(=O)O)cc(S(=O)(=O)O)cc21. The van der Waals surface area contributed by atoms with Crippen LogP contribution in [0.1, 0.15) is 57.6 Å². The number of rotatable bonds is 30. The molecule has 3 heterocycles. The lowest BCUT2D eigenvalue weighted by Crippen LogP contribution is -2.66. The third-order valence-corrected chi connectivity index (χ3v) is 19.7. The second kappa shape index (κ2) is 26.3. The molecule has 34 heteroatoms. The van der Waals surface area contributed by atoms with Crippen molar-refractivity contribution in [3.05, 3.63) is 103 Å². The van der Waals surface area contributed by atoms with Crippen LogP contribution < -0.4 is 31.0 Å². The number of aromatic hydroxyl groups is 2. The highest BCUT2D eigenvalue weighted by Crippen LogP contribution is 2.51. The van der Waals surface area contributed by atoms with E-state index in [-0.39, 0.29) is 115 Å². The van der Waals surface area contributed by atoms with Gasteiger partial charge < -0.3 is 43.6 Å². The van der Waals surface area contributed by atoms with Crippen molar-refractivity contribution in [3.63, 3.8) is 0 Å². The fourth-order valence-corrected chi connectivity index (χ4v) is 14.6. The van der Waals surface area contributed by atoms with Crippen molar-refractivity contribution >= 4 is 107 Å². The zero-order valence-electron chi connectivity index (χ0n) is 48.1. The van der Waals surface area contributed by atoms with Gasteiger partial charge in [0.25, 0.3) is 50.6 Å². The second-order valence-corrected chi connectivity index (χ2v) is 28.8. The van der Waals surface area contributed by atoms with E-state index in [1.54, 1.807) is 30.4 Å². The van der Waals surface area contributed by atoms with Gasteiger partial charge in [0.1, 0.15) is 16.4 Å². The Morgan fingerprint density at radius 2 is 1.10 bits per heavy atom. The van der Waals surface area contributed by atoms with Crippen LogP contribution in [0, 0.1) is 0 Å².